The molecule has 1 aliphatic heterocycles. The van der Waals surface area contributed by atoms with Gasteiger partial charge in [-0.3, -0.25) is 15.2 Å². The zero-order valence-electron chi connectivity index (χ0n) is 13.4. The van der Waals surface area contributed by atoms with Gasteiger partial charge in [-0.1, -0.05) is 0 Å². The number of halogens is 4. The highest BCUT2D eigenvalue weighted by molar-refractivity contribution is 9.18. The summed E-state index contributed by atoms with van der Waals surface area (Å²) in [5, 5.41) is 9.86. The van der Waals surface area contributed by atoms with Crippen LogP contribution in [0.1, 0.15) is 35.3 Å². The molecule has 1 aromatic heterocycles. The molecule has 0 radical (unpaired) electrons. The van der Waals surface area contributed by atoms with E-state index in [9.17, 15) is 18.0 Å². The van der Waals surface area contributed by atoms with Crippen molar-refractivity contribution in [1.29, 1.82) is 5.41 Å². The lowest BCUT2D eigenvalue weighted by molar-refractivity contribution is -0.115. The SMILES string of the molecule is N=C(Br)c1cnc(C(=O)N2CC3CCC(C3)C2)cc1NCC(F)(F)F. The molecule has 1 amide bonds. The monoisotopic (exact) mass is 418 g/mol. The number of alkyl halides is 3. The molecule has 2 bridgehead atoms. The molecular weight excluding hydrogens is 401 g/mol. The highest BCUT2D eigenvalue weighted by atomic mass is 79.9. The van der Waals surface area contributed by atoms with Crippen molar-refractivity contribution < 1.29 is 18.0 Å². The number of carbonyl (C=O) groups excluding carboxylic acids is 1. The Morgan fingerprint density at radius 3 is 2.56 bits per heavy atom. The zero-order valence-corrected chi connectivity index (χ0v) is 15.0. The van der Waals surface area contributed by atoms with Crippen LogP contribution in [0.2, 0.25) is 0 Å². The maximum atomic E-state index is 12.7. The van der Waals surface area contributed by atoms with Gasteiger partial charge >= 0.3 is 6.18 Å². The third-order valence-electron chi connectivity index (χ3n) is 4.73. The molecule has 0 spiro atoms. The Labute approximate surface area is 151 Å². The number of fused-ring (bicyclic) bond motifs is 2. The molecule has 9 heteroatoms. The number of piperidine rings is 1. The summed E-state index contributed by atoms with van der Waals surface area (Å²) in [5.74, 6) is 0.764. The van der Waals surface area contributed by atoms with Crippen molar-refractivity contribution in [1.82, 2.24) is 9.88 Å². The molecule has 1 aliphatic carbocycles. The van der Waals surface area contributed by atoms with Crippen molar-refractivity contribution in [3.63, 3.8) is 0 Å². The largest absolute Gasteiger partial charge is 0.405 e. The molecule has 136 valence electrons. The van der Waals surface area contributed by atoms with Crippen LogP contribution in [0.4, 0.5) is 18.9 Å². The topological polar surface area (TPSA) is 69.1 Å². The van der Waals surface area contributed by atoms with Crippen molar-refractivity contribution in [3.05, 3.63) is 23.5 Å². The van der Waals surface area contributed by atoms with E-state index in [1.165, 1.54) is 12.3 Å². The molecule has 2 fully saturated rings. The first kappa shape index (κ1) is 18.2. The minimum atomic E-state index is -4.40. The normalized spacial score (nSPS) is 22.8. The predicted octanol–water partition coefficient (Wildman–Crippen LogP) is 3.65. The van der Waals surface area contributed by atoms with Crippen molar-refractivity contribution in [2.45, 2.75) is 25.4 Å². The number of amides is 1. The van der Waals surface area contributed by atoms with Crippen LogP contribution in [0.25, 0.3) is 0 Å². The average molecular weight is 419 g/mol. The fourth-order valence-corrected chi connectivity index (χ4v) is 3.94. The second kappa shape index (κ2) is 6.93. The lowest BCUT2D eigenvalue weighted by Gasteiger charge is -2.31. The van der Waals surface area contributed by atoms with Crippen molar-refractivity contribution in [3.8, 4) is 0 Å². The van der Waals surface area contributed by atoms with Gasteiger partial charge in [0.05, 0.1) is 0 Å². The molecule has 0 aromatic carbocycles. The number of nitrogens with one attached hydrogen (secondary N) is 2. The third kappa shape index (κ3) is 4.31. The Balaban J connectivity index is 1.81. The summed E-state index contributed by atoms with van der Waals surface area (Å²) >= 11 is 2.94. The third-order valence-corrected chi connectivity index (χ3v) is 5.16. The van der Waals surface area contributed by atoms with Crippen LogP contribution in [0.3, 0.4) is 0 Å². The number of rotatable bonds is 4. The summed E-state index contributed by atoms with van der Waals surface area (Å²) in [7, 11) is 0. The number of hydrogen-bond acceptors (Lipinski definition) is 4. The summed E-state index contributed by atoms with van der Waals surface area (Å²) in [6.45, 7) is 0.114. The molecule has 3 rings (SSSR count). The number of hydrogen-bond donors (Lipinski definition) is 2. The van der Waals surface area contributed by atoms with Gasteiger partial charge in [0.2, 0.25) is 0 Å². The van der Waals surface area contributed by atoms with Gasteiger partial charge in [0.15, 0.2) is 0 Å². The van der Waals surface area contributed by atoms with E-state index < -0.39 is 12.7 Å². The summed E-state index contributed by atoms with van der Waals surface area (Å²) < 4.78 is 37.4. The van der Waals surface area contributed by atoms with Gasteiger partial charge in [-0.15, -0.1) is 0 Å². The molecule has 2 atom stereocenters. The summed E-state index contributed by atoms with van der Waals surface area (Å²) in [5.41, 5.74) is 0.348. The number of aromatic nitrogens is 1. The molecular formula is C16H18BrF3N4O. The highest BCUT2D eigenvalue weighted by Gasteiger charge is 2.35. The molecule has 1 saturated carbocycles. The molecule has 2 unspecified atom stereocenters. The fraction of sp³-hybridized carbons (Fsp3) is 0.562. The van der Waals surface area contributed by atoms with Crippen molar-refractivity contribution in [2.24, 2.45) is 11.8 Å². The van der Waals surface area contributed by atoms with Gasteiger partial charge < -0.3 is 10.2 Å². The Morgan fingerprint density at radius 1 is 1.36 bits per heavy atom. The number of pyridine rings is 1. The van der Waals surface area contributed by atoms with Crippen molar-refractivity contribution in [2.75, 3.05) is 25.0 Å². The summed E-state index contributed by atoms with van der Waals surface area (Å²) in [6.07, 6.45) is 0.252. The quantitative estimate of drug-likeness (QED) is 0.733. The van der Waals surface area contributed by atoms with Gasteiger partial charge in [-0.05, 0) is 53.1 Å². The molecule has 1 aromatic rings. The number of anilines is 1. The highest BCUT2D eigenvalue weighted by Crippen LogP contribution is 2.36. The average Bonchev–Trinajstić information content (AvgIpc) is 2.89. The predicted molar refractivity (Wildman–Crippen MR) is 91.3 cm³/mol. The Kier molecular flexibility index (Phi) is 5.04. The maximum absolute atomic E-state index is 12.7. The van der Waals surface area contributed by atoms with Crippen LogP contribution in [0, 0.1) is 17.2 Å². The van der Waals surface area contributed by atoms with Crippen LogP contribution in [0.15, 0.2) is 12.3 Å². The van der Waals surface area contributed by atoms with Crippen molar-refractivity contribution >= 4 is 32.1 Å². The molecule has 2 aliphatic rings. The van der Waals surface area contributed by atoms with Crippen LogP contribution in [-0.2, 0) is 0 Å². The number of nitrogens with zero attached hydrogens (tertiary/aromatic N) is 2. The molecule has 5 nitrogen and oxygen atoms in total. The maximum Gasteiger partial charge on any atom is 0.405 e. The van der Waals surface area contributed by atoms with Gasteiger partial charge in [-0.2, -0.15) is 13.2 Å². The lowest BCUT2D eigenvalue weighted by Crippen LogP contribution is -2.41. The standard InChI is InChI=1S/C16H18BrF3N4O/c17-14(21)11-5-22-13(4-12(11)23-8-16(18,19)20)15(25)24-6-9-1-2-10(3-9)7-24/h4-5,9-10,21H,1-3,6-8H2,(H,22,23). The van der Waals surface area contributed by atoms with E-state index in [2.05, 4.69) is 26.2 Å². The van der Waals surface area contributed by atoms with E-state index in [4.69, 9.17) is 5.41 Å². The van der Waals surface area contributed by atoms with Gasteiger partial charge in [0.1, 0.15) is 16.9 Å². The molecule has 2 heterocycles. The molecule has 25 heavy (non-hydrogen) atoms. The first-order valence-corrected chi connectivity index (χ1v) is 8.86. The van der Waals surface area contributed by atoms with Crippen LogP contribution in [0.5, 0.6) is 0 Å². The van der Waals surface area contributed by atoms with Gasteiger partial charge in [0.25, 0.3) is 5.91 Å². The Morgan fingerprint density at radius 2 is 2.00 bits per heavy atom. The smallest absolute Gasteiger partial charge is 0.376 e. The van der Waals surface area contributed by atoms with E-state index in [0.29, 0.717) is 24.9 Å². The fourth-order valence-electron chi connectivity index (χ4n) is 3.62. The number of carbonyl (C=O) groups is 1. The first-order chi connectivity index (χ1) is 11.7. The summed E-state index contributed by atoms with van der Waals surface area (Å²) in [6, 6.07) is 1.30. The molecule has 1 saturated heterocycles. The van der Waals surface area contributed by atoms with E-state index in [1.54, 1.807) is 4.90 Å². The minimum absolute atomic E-state index is 0.0672. The van der Waals surface area contributed by atoms with E-state index in [0.717, 1.165) is 19.3 Å². The van der Waals surface area contributed by atoms with Crippen LogP contribution in [-0.4, -0.2) is 46.2 Å². The Hall–Kier alpha value is -1.64. The first-order valence-electron chi connectivity index (χ1n) is 8.07. The van der Waals surface area contributed by atoms with E-state index in [-0.39, 0.29) is 27.5 Å². The Bertz CT molecular complexity index is 682. The van der Waals surface area contributed by atoms with Crippen LogP contribution >= 0.6 is 15.9 Å². The zero-order chi connectivity index (χ0) is 18.2. The second-order valence-electron chi connectivity index (χ2n) is 6.65. The lowest BCUT2D eigenvalue weighted by atomic mass is 9.98. The van der Waals surface area contributed by atoms with E-state index in [1.807, 2.05) is 0 Å². The summed E-state index contributed by atoms with van der Waals surface area (Å²) in [4.78, 5) is 18.5. The van der Waals surface area contributed by atoms with Gasteiger partial charge in [0, 0.05) is 30.5 Å². The van der Waals surface area contributed by atoms with Gasteiger partial charge in [-0.25, -0.2) is 0 Å². The molecule has 2 N–H and O–H groups in total. The second-order valence-corrected chi connectivity index (χ2v) is 7.45. The van der Waals surface area contributed by atoms with Crippen LogP contribution < -0.4 is 5.32 Å². The minimum Gasteiger partial charge on any atom is -0.376 e. The number of likely N-dealkylation sites (tertiary alicyclic amines) is 1. The van der Waals surface area contributed by atoms with E-state index >= 15 is 0 Å².